The number of pyridine rings is 1. The van der Waals surface area contributed by atoms with Crippen LogP contribution in [0.15, 0.2) is 48.7 Å². The lowest BCUT2D eigenvalue weighted by atomic mass is 10.2. The van der Waals surface area contributed by atoms with Gasteiger partial charge in [-0.3, -0.25) is 9.78 Å². The van der Waals surface area contributed by atoms with Gasteiger partial charge in [0.25, 0.3) is 0 Å². The quantitative estimate of drug-likeness (QED) is 0.812. The summed E-state index contributed by atoms with van der Waals surface area (Å²) in [5.74, 6) is 0.345. The zero-order valence-electron chi connectivity index (χ0n) is 13.9. The highest BCUT2D eigenvalue weighted by atomic mass is 16.5. The SMILES string of the molecule is O=C(CNC(=O)OCc1ccccc1)NCc1ccc(C2CC2)nc1. The van der Waals surface area contributed by atoms with Crippen LogP contribution in [0.25, 0.3) is 0 Å². The van der Waals surface area contributed by atoms with E-state index in [2.05, 4.69) is 15.6 Å². The topological polar surface area (TPSA) is 80.3 Å². The van der Waals surface area contributed by atoms with Crippen molar-refractivity contribution in [3.05, 3.63) is 65.5 Å². The molecule has 0 bridgehead atoms. The van der Waals surface area contributed by atoms with Crippen molar-refractivity contribution in [2.75, 3.05) is 6.54 Å². The van der Waals surface area contributed by atoms with Gasteiger partial charge in [-0.25, -0.2) is 4.79 Å². The smallest absolute Gasteiger partial charge is 0.407 e. The summed E-state index contributed by atoms with van der Waals surface area (Å²) in [6.07, 6.45) is 3.61. The minimum atomic E-state index is -0.616. The largest absolute Gasteiger partial charge is 0.445 e. The molecule has 0 aliphatic heterocycles. The predicted octanol–water partition coefficient (Wildman–Crippen LogP) is 2.50. The normalized spacial score (nSPS) is 13.1. The molecule has 25 heavy (non-hydrogen) atoms. The van der Waals surface area contributed by atoms with Crippen LogP contribution in [0.2, 0.25) is 0 Å². The van der Waals surface area contributed by atoms with Crippen molar-refractivity contribution in [1.82, 2.24) is 15.6 Å². The summed E-state index contributed by atoms with van der Waals surface area (Å²) in [7, 11) is 0. The van der Waals surface area contributed by atoms with Gasteiger partial charge in [0.1, 0.15) is 13.2 Å². The van der Waals surface area contributed by atoms with Crippen molar-refractivity contribution in [1.29, 1.82) is 0 Å². The number of hydrogen-bond donors (Lipinski definition) is 2. The van der Waals surface area contributed by atoms with Crippen LogP contribution >= 0.6 is 0 Å². The number of ether oxygens (including phenoxy) is 1. The zero-order valence-corrected chi connectivity index (χ0v) is 13.9. The van der Waals surface area contributed by atoms with Gasteiger partial charge in [0.05, 0.1) is 0 Å². The van der Waals surface area contributed by atoms with Crippen LogP contribution in [0.3, 0.4) is 0 Å². The molecule has 1 aromatic heterocycles. The summed E-state index contributed by atoms with van der Waals surface area (Å²) in [5, 5.41) is 5.18. The van der Waals surface area contributed by atoms with Crippen LogP contribution < -0.4 is 10.6 Å². The molecule has 6 nitrogen and oxygen atoms in total. The molecule has 2 N–H and O–H groups in total. The van der Waals surface area contributed by atoms with Crippen LogP contribution in [0.1, 0.15) is 35.6 Å². The summed E-state index contributed by atoms with van der Waals surface area (Å²) in [6.45, 7) is 0.437. The molecule has 1 aliphatic carbocycles. The number of carbonyl (C=O) groups is 2. The third-order valence-electron chi connectivity index (χ3n) is 3.94. The van der Waals surface area contributed by atoms with Gasteiger partial charge in [-0.2, -0.15) is 0 Å². The molecule has 6 heteroatoms. The van der Waals surface area contributed by atoms with Gasteiger partial charge in [0, 0.05) is 24.4 Å². The average molecular weight is 339 g/mol. The summed E-state index contributed by atoms with van der Waals surface area (Å²) in [6, 6.07) is 13.3. The van der Waals surface area contributed by atoms with Crippen molar-refractivity contribution >= 4 is 12.0 Å². The second-order valence-corrected chi connectivity index (χ2v) is 6.06. The second-order valence-electron chi connectivity index (χ2n) is 6.06. The molecule has 130 valence electrons. The first-order chi connectivity index (χ1) is 12.2. The van der Waals surface area contributed by atoms with E-state index in [9.17, 15) is 9.59 Å². The van der Waals surface area contributed by atoms with Crippen LogP contribution in [0.5, 0.6) is 0 Å². The molecule has 1 saturated carbocycles. The maximum atomic E-state index is 11.8. The molecular formula is C19H21N3O3. The van der Waals surface area contributed by atoms with Crippen molar-refractivity contribution < 1.29 is 14.3 Å². The first-order valence-electron chi connectivity index (χ1n) is 8.37. The van der Waals surface area contributed by atoms with E-state index in [1.807, 2.05) is 42.5 Å². The lowest BCUT2D eigenvalue weighted by Gasteiger charge is -2.08. The predicted molar refractivity (Wildman–Crippen MR) is 92.7 cm³/mol. The molecule has 1 aliphatic rings. The summed E-state index contributed by atoms with van der Waals surface area (Å²) >= 11 is 0. The van der Waals surface area contributed by atoms with Crippen LogP contribution in [0.4, 0.5) is 4.79 Å². The summed E-state index contributed by atoms with van der Waals surface area (Å²) in [5.41, 5.74) is 2.95. The highest BCUT2D eigenvalue weighted by Gasteiger charge is 2.24. The van der Waals surface area contributed by atoms with Gasteiger partial charge >= 0.3 is 6.09 Å². The summed E-state index contributed by atoms with van der Waals surface area (Å²) in [4.78, 5) is 27.8. The van der Waals surface area contributed by atoms with Crippen LogP contribution in [0, 0.1) is 0 Å². The molecular weight excluding hydrogens is 318 g/mol. The Balaban J connectivity index is 1.32. The van der Waals surface area contributed by atoms with Crippen molar-refractivity contribution in [2.24, 2.45) is 0 Å². The Morgan fingerprint density at radius 2 is 1.84 bits per heavy atom. The van der Waals surface area contributed by atoms with E-state index in [-0.39, 0.29) is 19.1 Å². The van der Waals surface area contributed by atoms with E-state index in [1.54, 1.807) is 6.20 Å². The molecule has 1 fully saturated rings. The van der Waals surface area contributed by atoms with Gasteiger partial charge in [0.2, 0.25) is 5.91 Å². The molecule has 0 atom stereocenters. The fourth-order valence-electron chi connectivity index (χ4n) is 2.35. The Morgan fingerprint density at radius 1 is 1.04 bits per heavy atom. The molecule has 0 radical (unpaired) electrons. The minimum absolute atomic E-state index is 0.124. The molecule has 0 saturated heterocycles. The van der Waals surface area contributed by atoms with Crippen molar-refractivity contribution in [2.45, 2.75) is 31.9 Å². The number of nitrogens with one attached hydrogen (secondary N) is 2. The van der Waals surface area contributed by atoms with Gasteiger partial charge in [-0.15, -0.1) is 0 Å². The Morgan fingerprint density at radius 3 is 2.52 bits per heavy atom. The number of amides is 2. The van der Waals surface area contributed by atoms with Crippen LogP contribution in [-0.2, 0) is 22.7 Å². The molecule has 2 amide bonds. The highest BCUT2D eigenvalue weighted by Crippen LogP contribution is 2.38. The third-order valence-corrected chi connectivity index (χ3v) is 3.94. The Kier molecular flexibility index (Phi) is 5.61. The maximum absolute atomic E-state index is 11.8. The Labute approximate surface area is 146 Å². The van der Waals surface area contributed by atoms with Gasteiger partial charge < -0.3 is 15.4 Å². The number of rotatable bonds is 7. The van der Waals surface area contributed by atoms with E-state index < -0.39 is 6.09 Å². The number of aromatic nitrogens is 1. The van der Waals surface area contributed by atoms with E-state index >= 15 is 0 Å². The van der Waals surface area contributed by atoms with Crippen molar-refractivity contribution in [3.8, 4) is 0 Å². The first kappa shape index (κ1) is 17.0. The van der Waals surface area contributed by atoms with Gasteiger partial charge in [-0.1, -0.05) is 36.4 Å². The highest BCUT2D eigenvalue weighted by molar-refractivity contribution is 5.82. The number of nitrogens with zero attached hydrogens (tertiary/aromatic N) is 1. The average Bonchev–Trinajstić information content (AvgIpc) is 3.49. The molecule has 0 spiro atoms. The first-order valence-corrected chi connectivity index (χ1v) is 8.37. The third kappa shape index (κ3) is 5.60. The molecule has 2 aromatic rings. The Hall–Kier alpha value is -2.89. The minimum Gasteiger partial charge on any atom is -0.445 e. The molecule has 1 heterocycles. The lowest BCUT2D eigenvalue weighted by Crippen LogP contribution is -2.36. The molecule has 0 unspecified atom stereocenters. The molecule has 1 aromatic carbocycles. The van der Waals surface area contributed by atoms with Gasteiger partial charge in [0.15, 0.2) is 0 Å². The fourth-order valence-corrected chi connectivity index (χ4v) is 2.35. The Bertz CT molecular complexity index is 712. The number of alkyl carbamates (subject to hydrolysis) is 1. The molecule has 3 rings (SSSR count). The maximum Gasteiger partial charge on any atom is 0.407 e. The number of benzene rings is 1. The standard InChI is InChI=1S/C19H21N3O3/c23-18(12-22-19(24)25-13-14-4-2-1-3-5-14)21-11-15-6-9-17(20-10-15)16-7-8-16/h1-6,9-10,16H,7-8,11-13H2,(H,21,23)(H,22,24). The second kappa shape index (κ2) is 8.28. The van der Waals surface area contributed by atoms with Crippen molar-refractivity contribution in [3.63, 3.8) is 0 Å². The number of hydrogen-bond acceptors (Lipinski definition) is 4. The van der Waals surface area contributed by atoms with E-state index in [4.69, 9.17) is 4.74 Å². The van der Waals surface area contributed by atoms with E-state index in [0.29, 0.717) is 12.5 Å². The zero-order chi connectivity index (χ0) is 17.5. The monoisotopic (exact) mass is 339 g/mol. The van der Waals surface area contributed by atoms with E-state index in [0.717, 1.165) is 16.8 Å². The van der Waals surface area contributed by atoms with Gasteiger partial charge in [-0.05, 0) is 30.0 Å². The summed E-state index contributed by atoms with van der Waals surface area (Å²) < 4.78 is 5.04. The lowest BCUT2D eigenvalue weighted by molar-refractivity contribution is -0.120. The fraction of sp³-hybridized carbons (Fsp3) is 0.316. The van der Waals surface area contributed by atoms with E-state index in [1.165, 1.54) is 12.8 Å². The van der Waals surface area contributed by atoms with Crippen LogP contribution in [-0.4, -0.2) is 23.5 Å². The number of carbonyl (C=O) groups excluding carboxylic acids is 2.